The second kappa shape index (κ2) is 8.96. The average Bonchev–Trinajstić information content (AvgIpc) is 3.20. The van der Waals surface area contributed by atoms with Crippen LogP contribution in [-0.4, -0.2) is 47.4 Å². The number of non-ortho nitro benzene ring substituents is 1. The third-order valence-electron chi connectivity index (χ3n) is 5.52. The van der Waals surface area contributed by atoms with E-state index >= 15 is 0 Å². The number of carbonyl (C=O) groups is 2. The first-order valence-corrected chi connectivity index (χ1v) is 12.4. The van der Waals surface area contributed by atoms with Gasteiger partial charge in [-0.3, -0.25) is 19.7 Å². The normalized spacial score (nSPS) is 15.4. The smallest absolute Gasteiger partial charge is 0.270 e. The molecule has 1 aromatic heterocycles. The van der Waals surface area contributed by atoms with E-state index in [1.165, 1.54) is 47.6 Å². The van der Waals surface area contributed by atoms with Crippen molar-refractivity contribution in [3.63, 3.8) is 0 Å². The Morgan fingerprint density at radius 1 is 1.18 bits per heavy atom. The lowest BCUT2D eigenvalue weighted by atomic mass is 9.97. The Kier molecular flexibility index (Phi) is 6.23. The molecule has 0 saturated carbocycles. The number of nitrogens with one attached hydrogen (secondary N) is 1. The molecule has 1 N–H and O–H groups in total. The molecule has 1 aliphatic heterocycles. The largest absolute Gasteiger partial charge is 0.302 e. The number of aromatic nitrogens is 1. The molecule has 2 heterocycles. The summed E-state index contributed by atoms with van der Waals surface area (Å²) >= 11 is 1.15. The van der Waals surface area contributed by atoms with E-state index in [4.69, 9.17) is 0 Å². The summed E-state index contributed by atoms with van der Waals surface area (Å²) in [6.45, 7) is 1.73. The first kappa shape index (κ1) is 23.0. The van der Waals surface area contributed by atoms with Crippen molar-refractivity contribution in [1.29, 1.82) is 0 Å². The highest BCUT2D eigenvalue weighted by Gasteiger charge is 2.32. The molecule has 10 nitrogen and oxygen atoms in total. The first-order valence-electron chi connectivity index (χ1n) is 10.1. The SMILES string of the molecule is CC(=O)c1cccc(S(=O)(=O)N2CCC(C(=O)Nc3nc4ccc([N+](=O)[O-])cc4s3)CC2)c1. The number of hydrogen-bond acceptors (Lipinski definition) is 8. The van der Waals surface area contributed by atoms with Gasteiger partial charge in [0.25, 0.3) is 5.69 Å². The lowest BCUT2D eigenvalue weighted by Crippen LogP contribution is -2.41. The number of thiazole rings is 1. The predicted molar refractivity (Wildman–Crippen MR) is 123 cm³/mol. The van der Waals surface area contributed by atoms with E-state index in [1.54, 1.807) is 6.07 Å². The molecule has 0 unspecified atom stereocenters. The number of rotatable bonds is 6. The van der Waals surface area contributed by atoms with E-state index in [0.717, 1.165) is 11.3 Å². The number of benzene rings is 2. The number of sulfonamides is 1. The molecule has 2 aromatic carbocycles. The van der Waals surface area contributed by atoms with Crippen molar-refractivity contribution in [2.24, 2.45) is 5.92 Å². The van der Waals surface area contributed by atoms with Crippen molar-refractivity contribution in [1.82, 2.24) is 9.29 Å². The van der Waals surface area contributed by atoms with Crippen LogP contribution in [0.3, 0.4) is 0 Å². The van der Waals surface area contributed by atoms with E-state index < -0.39 is 14.9 Å². The van der Waals surface area contributed by atoms with Crippen LogP contribution in [-0.2, 0) is 14.8 Å². The maximum Gasteiger partial charge on any atom is 0.270 e. The van der Waals surface area contributed by atoms with Gasteiger partial charge in [0.05, 0.1) is 20.0 Å². The Bertz CT molecular complexity index is 1360. The second-order valence-corrected chi connectivity index (χ2v) is 10.6. The molecular weight excluding hydrogens is 468 g/mol. The number of fused-ring (bicyclic) bond motifs is 1. The molecule has 0 spiro atoms. The second-order valence-electron chi connectivity index (χ2n) is 7.68. The minimum Gasteiger partial charge on any atom is -0.302 e. The van der Waals surface area contributed by atoms with Crippen molar-refractivity contribution < 1.29 is 22.9 Å². The van der Waals surface area contributed by atoms with Gasteiger partial charge >= 0.3 is 0 Å². The number of piperidine rings is 1. The summed E-state index contributed by atoms with van der Waals surface area (Å²) in [7, 11) is -3.77. The minimum atomic E-state index is -3.77. The Morgan fingerprint density at radius 2 is 1.91 bits per heavy atom. The van der Waals surface area contributed by atoms with Crippen LogP contribution in [0, 0.1) is 16.0 Å². The fourth-order valence-corrected chi connectivity index (χ4v) is 6.09. The highest BCUT2D eigenvalue weighted by atomic mass is 32.2. The summed E-state index contributed by atoms with van der Waals surface area (Å²) in [5.74, 6) is -0.868. The van der Waals surface area contributed by atoms with Gasteiger partial charge in [0.1, 0.15) is 0 Å². The Hall–Kier alpha value is -3.22. The van der Waals surface area contributed by atoms with Gasteiger partial charge in [-0.2, -0.15) is 4.31 Å². The average molecular weight is 489 g/mol. The standard InChI is InChI=1S/C21H20N4O6S2/c1-13(26)15-3-2-4-17(11-15)33(30,31)24-9-7-14(8-10-24)20(27)23-21-22-18-6-5-16(25(28)29)12-19(18)32-21/h2-6,11-12,14H,7-10H2,1H3,(H,22,23,27). The quantitative estimate of drug-likeness (QED) is 0.318. The molecule has 0 atom stereocenters. The highest BCUT2D eigenvalue weighted by Crippen LogP contribution is 2.30. The lowest BCUT2D eigenvalue weighted by Gasteiger charge is -2.30. The van der Waals surface area contributed by atoms with Crippen molar-refractivity contribution in [3.8, 4) is 0 Å². The third-order valence-corrected chi connectivity index (χ3v) is 8.34. The van der Waals surface area contributed by atoms with E-state index in [2.05, 4.69) is 10.3 Å². The summed E-state index contributed by atoms with van der Waals surface area (Å²) < 4.78 is 27.8. The van der Waals surface area contributed by atoms with Gasteiger partial charge in [-0.25, -0.2) is 13.4 Å². The third kappa shape index (κ3) is 4.77. The molecule has 1 saturated heterocycles. The Labute approximate surface area is 193 Å². The van der Waals surface area contributed by atoms with Gasteiger partial charge in [-0.05, 0) is 38.0 Å². The van der Waals surface area contributed by atoms with Crippen molar-refractivity contribution in [2.45, 2.75) is 24.7 Å². The van der Waals surface area contributed by atoms with Crippen molar-refractivity contribution in [3.05, 3.63) is 58.1 Å². The first-order chi connectivity index (χ1) is 15.6. The van der Waals surface area contributed by atoms with Crippen LogP contribution in [0.2, 0.25) is 0 Å². The summed E-state index contributed by atoms with van der Waals surface area (Å²) in [6.07, 6.45) is 0.682. The van der Waals surface area contributed by atoms with Crippen LogP contribution >= 0.6 is 11.3 Å². The molecule has 1 fully saturated rings. The van der Waals surface area contributed by atoms with Gasteiger partial charge in [0.15, 0.2) is 10.9 Å². The molecule has 0 bridgehead atoms. The molecule has 1 aliphatic rings. The maximum atomic E-state index is 13.0. The molecule has 4 rings (SSSR count). The van der Waals surface area contributed by atoms with Crippen LogP contribution in [0.4, 0.5) is 10.8 Å². The summed E-state index contributed by atoms with van der Waals surface area (Å²) in [5, 5.41) is 14.0. The monoisotopic (exact) mass is 488 g/mol. The Morgan fingerprint density at radius 3 is 2.58 bits per heavy atom. The maximum absolute atomic E-state index is 13.0. The van der Waals surface area contributed by atoms with Gasteiger partial charge in [0, 0.05) is 36.7 Å². The fourth-order valence-electron chi connectivity index (χ4n) is 3.67. The molecule has 3 aromatic rings. The van der Waals surface area contributed by atoms with Crippen LogP contribution in [0.1, 0.15) is 30.1 Å². The van der Waals surface area contributed by atoms with E-state index in [9.17, 15) is 28.1 Å². The Balaban J connectivity index is 1.41. The van der Waals surface area contributed by atoms with Crippen LogP contribution < -0.4 is 5.32 Å². The zero-order valence-electron chi connectivity index (χ0n) is 17.6. The van der Waals surface area contributed by atoms with Gasteiger partial charge in [0.2, 0.25) is 15.9 Å². The number of nitro benzene ring substituents is 1. The van der Waals surface area contributed by atoms with Crippen LogP contribution in [0.15, 0.2) is 47.4 Å². The number of Topliss-reactive ketones (excluding diaryl/α,β-unsaturated/α-hetero) is 1. The zero-order chi connectivity index (χ0) is 23.8. The molecule has 0 radical (unpaired) electrons. The van der Waals surface area contributed by atoms with Gasteiger partial charge < -0.3 is 5.32 Å². The number of anilines is 1. The summed E-state index contributed by atoms with van der Waals surface area (Å²) in [4.78, 5) is 39.1. The fraction of sp³-hybridized carbons (Fsp3) is 0.286. The number of nitro groups is 1. The predicted octanol–water partition coefficient (Wildman–Crippen LogP) is 3.45. The topological polar surface area (TPSA) is 140 Å². The van der Waals surface area contributed by atoms with Gasteiger partial charge in [-0.15, -0.1) is 0 Å². The number of nitrogens with zero attached hydrogens (tertiary/aromatic N) is 3. The van der Waals surface area contributed by atoms with E-state index in [1.807, 2.05) is 0 Å². The van der Waals surface area contributed by atoms with Crippen molar-refractivity contribution >= 4 is 54.1 Å². The van der Waals surface area contributed by atoms with E-state index in [0.29, 0.717) is 33.8 Å². The minimum absolute atomic E-state index is 0.0496. The number of hydrogen-bond donors (Lipinski definition) is 1. The molecule has 0 aliphatic carbocycles. The number of amides is 1. The molecule has 1 amide bonds. The van der Waals surface area contributed by atoms with Crippen LogP contribution in [0.25, 0.3) is 10.2 Å². The molecule has 172 valence electrons. The zero-order valence-corrected chi connectivity index (χ0v) is 19.2. The molecule has 12 heteroatoms. The van der Waals surface area contributed by atoms with Crippen molar-refractivity contribution in [2.75, 3.05) is 18.4 Å². The molecule has 33 heavy (non-hydrogen) atoms. The number of ketones is 1. The van der Waals surface area contributed by atoms with Crippen LogP contribution in [0.5, 0.6) is 0 Å². The van der Waals surface area contributed by atoms with Gasteiger partial charge in [-0.1, -0.05) is 23.5 Å². The summed E-state index contributed by atoms with van der Waals surface area (Å²) in [5.41, 5.74) is 0.826. The van der Waals surface area contributed by atoms with E-state index in [-0.39, 0.29) is 41.3 Å². The highest BCUT2D eigenvalue weighted by molar-refractivity contribution is 7.89. The lowest BCUT2D eigenvalue weighted by molar-refractivity contribution is -0.384. The molecular formula is C21H20N4O6S2. The number of carbonyl (C=O) groups excluding carboxylic acids is 2. The summed E-state index contributed by atoms with van der Waals surface area (Å²) in [6, 6.07) is 10.2.